The van der Waals surface area contributed by atoms with Crippen molar-refractivity contribution in [2.45, 2.75) is 50.2 Å². The fraction of sp³-hybridized carbons (Fsp3) is 0.733. The fourth-order valence-electron chi connectivity index (χ4n) is 5.18. The average Bonchev–Trinajstić information content (AvgIpc) is 2.34. The van der Waals surface area contributed by atoms with Crippen molar-refractivity contribution in [3.63, 3.8) is 0 Å². The molecule has 1 aromatic heterocycles. The fourth-order valence-corrected chi connectivity index (χ4v) is 5.31. The van der Waals surface area contributed by atoms with E-state index in [-0.39, 0.29) is 16.6 Å². The Morgan fingerprint density at radius 1 is 1.09 bits per heavy atom. The predicted molar refractivity (Wildman–Crippen MR) is 76.6 cm³/mol. The van der Waals surface area contributed by atoms with Gasteiger partial charge in [0.05, 0.1) is 0 Å². The lowest BCUT2D eigenvalue weighted by Crippen LogP contribution is -2.55. The van der Waals surface area contributed by atoms with E-state index < -0.39 is 11.7 Å². The van der Waals surface area contributed by atoms with Crippen LogP contribution in [0.25, 0.3) is 0 Å². The molecule has 22 heavy (non-hydrogen) atoms. The molecule has 0 aromatic carbocycles. The molecule has 0 aliphatic heterocycles. The van der Waals surface area contributed by atoms with Crippen LogP contribution >= 0.6 is 11.6 Å². The van der Waals surface area contributed by atoms with Crippen LogP contribution in [0.3, 0.4) is 0 Å². The highest BCUT2D eigenvalue weighted by Gasteiger charge is 2.51. The lowest BCUT2D eigenvalue weighted by molar-refractivity contribution is -0.137. The van der Waals surface area contributed by atoms with Crippen molar-refractivity contribution in [3.8, 4) is 0 Å². The molecule has 4 bridgehead atoms. The third kappa shape index (κ3) is 2.45. The molecular weight excluding hydrogens is 315 g/mol. The first-order valence-corrected chi connectivity index (χ1v) is 8.09. The van der Waals surface area contributed by atoms with Gasteiger partial charge in [0.2, 0.25) is 5.28 Å². The molecule has 3 nitrogen and oxygen atoms in total. The Bertz CT molecular complexity index is 567. The number of anilines is 1. The first-order valence-electron chi connectivity index (χ1n) is 7.71. The first-order chi connectivity index (χ1) is 10.3. The van der Waals surface area contributed by atoms with Crippen LogP contribution in [-0.4, -0.2) is 15.5 Å². The van der Waals surface area contributed by atoms with Gasteiger partial charge in [-0.1, -0.05) is 0 Å². The van der Waals surface area contributed by atoms with Gasteiger partial charge in [-0.3, -0.25) is 0 Å². The monoisotopic (exact) mass is 331 g/mol. The van der Waals surface area contributed by atoms with Crippen LogP contribution in [0.2, 0.25) is 5.28 Å². The van der Waals surface area contributed by atoms with Crippen molar-refractivity contribution >= 4 is 17.4 Å². The van der Waals surface area contributed by atoms with E-state index in [9.17, 15) is 13.2 Å². The minimum absolute atomic E-state index is 0.153. The van der Waals surface area contributed by atoms with E-state index in [1.165, 1.54) is 19.3 Å². The maximum Gasteiger partial charge on any atom is 0.421 e. The van der Waals surface area contributed by atoms with Gasteiger partial charge in [-0.15, -0.1) is 0 Å². The van der Waals surface area contributed by atoms with E-state index >= 15 is 0 Å². The normalized spacial score (nSPS) is 36.6. The van der Waals surface area contributed by atoms with Crippen LogP contribution in [0.4, 0.5) is 19.0 Å². The Morgan fingerprint density at radius 3 is 2.14 bits per heavy atom. The van der Waals surface area contributed by atoms with Crippen LogP contribution < -0.4 is 5.32 Å². The second kappa shape index (κ2) is 4.73. The number of nitrogens with zero attached hydrogens (tertiary/aromatic N) is 2. The molecule has 4 fully saturated rings. The number of alkyl halides is 3. The minimum atomic E-state index is -4.48. The van der Waals surface area contributed by atoms with Crippen molar-refractivity contribution in [1.29, 1.82) is 0 Å². The molecule has 4 saturated carbocycles. The lowest BCUT2D eigenvalue weighted by atomic mass is 9.53. The average molecular weight is 332 g/mol. The molecule has 0 saturated heterocycles. The molecule has 4 aliphatic rings. The summed E-state index contributed by atoms with van der Waals surface area (Å²) in [6.45, 7) is 0. The van der Waals surface area contributed by atoms with Crippen molar-refractivity contribution < 1.29 is 13.2 Å². The van der Waals surface area contributed by atoms with Gasteiger partial charge in [-0.2, -0.15) is 13.2 Å². The molecule has 1 aromatic rings. The SMILES string of the molecule is FC(F)(F)c1cnc(Cl)nc1NC12CC3CC(CC(C3)C1)C2. The second-order valence-corrected chi connectivity index (χ2v) is 7.56. The van der Waals surface area contributed by atoms with Crippen LogP contribution in [0, 0.1) is 17.8 Å². The highest BCUT2D eigenvalue weighted by atomic mass is 35.5. The molecule has 0 atom stereocenters. The molecule has 1 heterocycles. The van der Waals surface area contributed by atoms with Gasteiger partial charge in [0.25, 0.3) is 0 Å². The van der Waals surface area contributed by atoms with Gasteiger partial charge in [-0.25, -0.2) is 9.97 Å². The van der Waals surface area contributed by atoms with Crippen molar-refractivity contribution in [1.82, 2.24) is 9.97 Å². The summed E-state index contributed by atoms with van der Waals surface area (Å²) >= 11 is 5.72. The van der Waals surface area contributed by atoms with Gasteiger partial charge in [-0.05, 0) is 67.9 Å². The molecule has 4 aliphatic carbocycles. The molecule has 0 spiro atoms. The lowest BCUT2D eigenvalue weighted by Gasteiger charge is -2.57. The van der Waals surface area contributed by atoms with Gasteiger partial charge < -0.3 is 5.32 Å². The molecule has 1 N–H and O–H groups in total. The minimum Gasteiger partial charge on any atom is -0.364 e. The number of rotatable bonds is 2. The topological polar surface area (TPSA) is 37.8 Å². The summed E-state index contributed by atoms with van der Waals surface area (Å²) in [5, 5.41) is 2.99. The van der Waals surface area contributed by atoms with Gasteiger partial charge in [0.1, 0.15) is 11.4 Å². The highest BCUT2D eigenvalue weighted by molar-refractivity contribution is 6.28. The zero-order chi connectivity index (χ0) is 15.5. The van der Waals surface area contributed by atoms with Crippen molar-refractivity contribution in [3.05, 3.63) is 17.0 Å². The van der Waals surface area contributed by atoms with Crippen LogP contribution in [0.5, 0.6) is 0 Å². The van der Waals surface area contributed by atoms with Gasteiger partial charge in [0.15, 0.2) is 0 Å². The number of hydrogen-bond donors (Lipinski definition) is 1. The summed E-state index contributed by atoms with van der Waals surface area (Å²) in [5.41, 5.74) is -1.07. The Morgan fingerprint density at radius 2 is 1.64 bits per heavy atom. The Labute approximate surface area is 131 Å². The second-order valence-electron chi connectivity index (χ2n) is 7.22. The third-order valence-corrected chi connectivity index (χ3v) is 5.67. The summed E-state index contributed by atoms with van der Waals surface area (Å²) in [5.74, 6) is 1.77. The molecule has 120 valence electrons. The largest absolute Gasteiger partial charge is 0.421 e. The Hall–Kier alpha value is -1.04. The van der Waals surface area contributed by atoms with Crippen LogP contribution in [0.15, 0.2) is 6.20 Å². The van der Waals surface area contributed by atoms with Crippen LogP contribution in [-0.2, 0) is 6.18 Å². The van der Waals surface area contributed by atoms with Gasteiger partial charge >= 0.3 is 6.18 Å². The van der Waals surface area contributed by atoms with E-state index in [0.717, 1.165) is 25.5 Å². The smallest absolute Gasteiger partial charge is 0.364 e. The Kier molecular flexibility index (Phi) is 3.13. The molecule has 5 rings (SSSR count). The Balaban J connectivity index is 1.68. The number of hydrogen-bond acceptors (Lipinski definition) is 3. The zero-order valence-corrected chi connectivity index (χ0v) is 12.7. The molecular formula is C15H17ClF3N3. The predicted octanol–water partition coefficient (Wildman–Crippen LogP) is 4.53. The standard InChI is InChI=1S/C15H17ClF3N3/c16-13-20-7-11(15(17,18)19)12(21-13)22-14-4-8-1-9(5-14)3-10(2-8)6-14/h7-10H,1-6H2,(H,20,21,22). The highest BCUT2D eigenvalue weighted by Crippen LogP contribution is 2.56. The molecule has 7 heteroatoms. The summed E-state index contributed by atoms with van der Waals surface area (Å²) < 4.78 is 39.5. The molecule has 0 unspecified atom stereocenters. The third-order valence-electron chi connectivity index (χ3n) is 5.49. The number of nitrogens with one attached hydrogen (secondary N) is 1. The number of aromatic nitrogens is 2. The maximum atomic E-state index is 13.2. The molecule has 0 amide bonds. The van der Waals surface area contributed by atoms with Crippen molar-refractivity contribution in [2.75, 3.05) is 5.32 Å². The van der Waals surface area contributed by atoms with E-state index in [0.29, 0.717) is 17.8 Å². The van der Waals surface area contributed by atoms with E-state index in [1.54, 1.807) is 0 Å². The van der Waals surface area contributed by atoms with E-state index in [4.69, 9.17) is 11.6 Å². The van der Waals surface area contributed by atoms with Gasteiger partial charge in [0, 0.05) is 11.7 Å². The van der Waals surface area contributed by atoms with E-state index in [2.05, 4.69) is 15.3 Å². The summed E-state index contributed by atoms with van der Waals surface area (Å²) in [7, 11) is 0. The van der Waals surface area contributed by atoms with E-state index in [1.807, 2.05) is 0 Å². The number of halogens is 4. The van der Waals surface area contributed by atoms with Crippen molar-refractivity contribution in [2.24, 2.45) is 17.8 Å². The zero-order valence-electron chi connectivity index (χ0n) is 12.0. The molecule has 0 radical (unpaired) electrons. The first kappa shape index (κ1) is 14.5. The summed E-state index contributed by atoms with van der Waals surface area (Å²) in [6.07, 6.45) is 2.83. The maximum absolute atomic E-state index is 13.2. The van der Waals surface area contributed by atoms with Crippen LogP contribution in [0.1, 0.15) is 44.1 Å². The summed E-state index contributed by atoms with van der Waals surface area (Å²) in [4.78, 5) is 7.33. The summed E-state index contributed by atoms with van der Waals surface area (Å²) in [6, 6.07) is 0. The quantitative estimate of drug-likeness (QED) is 0.809.